The monoisotopic (exact) mass is 367 g/mol. The SMILES string of the molecule is CCOc1ccc2ccccc2c1/C=C(\C#N)c1nc2cc(C)c(C)cc2[nH]1. The van der Waals surface area contributed by atoms with E-state index in [-0.39, 0.29) is 0 Å². The summed E-state index contributed by atoms with van der Waals surface area (Å²) in [4.78, 5) is 7.94. The Bertz CT molecular complexity index is 1220. The average molecular weight is 367 g/mol. The second-order valence-corrected chi connectivity index (χ2v) is 6.84. The second-order valence-electron chi connectivity index (χ2n) is 6.84. The van der Waals surface area contributed by atoms with Crippen molar-refractivity contribution < 1.29 is 4.74 Å². The summed E-state index contributed by atoms with van der Waals surface area (Å²) >= 11 is 0. The van der Waals surface area contributed by atoms with Crippen molar-refractivity contribution in [2.24, 2.45) is 0 Å². The van der Waals surface area contributed by atoms with Gasteiger partial charge in [0.1, 0.15) is 17.6 Å². The van der Waals surface area contributed by atoms with Gasteiger partial charge in [-0.25, -0.2) is 4.98 Å². The van der Waals surface area contributed by atoms with Crippen LogP contribution in [0.25, 0.3) is 33.5 Å². The van der Waals surface area contributed by atoms with Gasteiger partial charge in [0.15, 0.2) is 0 Å². The third-order valence-corrected chi connectivity index (χ3v) is 4.99. The highest BCUT2D eigenvalue weighted by atomic mass is 16.5. The van der Waals surface area contributed by atoms with Crippen LogP contribution < -0.4 is 4.74 Å². The highest BCUT2D eigenvalue weighted by Crippen LogP contribution is 2.32. The fourth-order valence-electron chi connectivity index (χ4n) is 3.40. The molecule has 0 atom stereocenters. The highest BCUT2D eigenvalue weighted by Gasteiger charge is 2.13. The molecule has 0 aliphatic rings. The van der Waals surface area contributed by atoms with Gasteiger partial charge in [-0.1, -0.05) is 30.3 Å². The van der Waals surface area contributed by atoms with Gasteiger partial charge in [-0.15, -0.1) is 0 Å². The zero-order valence-corrected chi connectivity index (χ0v) is 16.2. The molecule has 1 heterocycles. The van der Waals surface area contributed by atoms with Crippen LogP contribution in [0.2, 0.25) is 0 Å². The van der Waals surface area contributed by atoms with Crippen LogP contribution >= 0.6 is 0 Å². The van der Waals surface area contributed by atoms with Crippen LogP contribution in [0.1, 0.15) is 29.4 Å². The van der Waals surface area contributed by atoms with Gasteiger partial charge in [0.25, 0.3) is 0 Å². The third-order valence-electron chi connectivity index (χ3n) is 4.99. The zero-order chi connectivity index (χ0) is 19.7. The number of nitrogens with one attached hydrogen (secondary N) is 1. The van der Waals surface area contributed by atoms with Crippen LogP contribution in [0.5, 0.6) is 5.75 Å². The number of imidazole rings is 1. The number of rotatable bonds is 4. The maximum absolute atomic E-state index is 9.85. The van der Waals surface area contributed by atoms with E-state index < -0.39 is 0 Å². The maximum Gasteiger partial charge on any atom is 0.149 e. The predicted molar refractivity (Wildman–Crippen MR) is 114 cm³/mol. The van der Waals surface area contributed by atoms with Crippen LogP contribution in [0.15, 0.2) is 48.5 Å². The van der Waals surface area contributed by atoms with Crippen LogP contribution in [0, 0.1) is 25.2 Å². The van der Waals surface area contributed by atoms with Gasteiger partial charge in [-0.3, -0.25) is 0 Å². The number of hydrogen-bond acceptors (Lipinski definition) is 3. The summed E-state index contributed by atoms with van der Waals surface area (Å²) in [6.45, 7) is 6.65. The van der Waals surface area contributed by atoms with E-state index in [0.717, 1.165) is 33.1 Å². The maximum atomic E-state index is 9.85. The van der Waals surface area contributed by atoms with E-state index in [9.17, 15) is 5.26 Å². The summed E-state index contributed by atoms with van der Waals surface area (Å²) in [6, 6.07) is 18.5. The molecular weight excluding hydrogens is 346 g/mol. The Morgan fingerprint density at radius 3 is 2.71 bits per heavy atom. The molecule has 0 aliphatic carbocycles. The molecule has 4 rings (SSSR count). The van der Waals surface area contributed by atoms with E-state index in [1.165, 1.54) is 11.1 Å². The zero-order valence-electron chi connectivity index (χ0n) is 16.2. The quantitative estimate of drug-likeness (QED) is 0.464. The fraction of sp³-hybridized carbons (Fsp3) is 0.167. The Morgan fingerprint density at radius 1 is 1.14 bits per heavy atom. The number of aryl methyl sites for hydroxylation is 2. The minimum atomic E-state index is 0.476. The number of nitriles is 1. The molecule has 0 saturated carbocycles. The Balaban J connectivity index is 1.91. The smallest absolute Gasteiger partial charge is 0.149 e. The molecule has 0 unspecified atom stereocenters. The van der Waals surface area contributed by atoms with Gasteiger partial charge in [0.05, 0.1) is 23.2 Å². The number of aromatic amines is 1. The molecule has 4 heteroatoms. The molecule has 0 spiro atoms. The summed E-state index contributed by atoms with van der Waals surface area (Å²) in [5.74, 6) is 1.33. The molecule has 0 bridgehead atoms. The Morgan fingerprint density at radius 2 is 1.93 bits per heavy atom. The molecule has 0 aliphatic heterocycles. The van der Waals surface area contributed by atoms with Crippen molar-refractivity contribution in [3.8, 4) is 11.8 Å². The highest BCUT2D eigenvalue weighted by molar-refractivity contribution is 6.00. The molecule has 0 radical (unpaired) electrons. The molecule has 0 saturated heterocycles. The molecule has 3 aromatic carbocycles. The number of H-pyrrole nitrogens is 1. The molecule has 1 N–H and O–H groups in total. The predicted octanol–water partition coefficient (Wildman–Crippen LogP) is 5.80. The normalized spacial score (nSPS) is 11.7. The van der Waals surface area contributed by atoms with E-state index in [0.29, 0.717) is 18.0 Å². The van der Waals surface area contributed by atoms with E-state index in [1.807, 2.05) is 49.4 Å². The van der Waals surface area contributed by atoms with Crippen molar-refractivity contribution in [1.29, 1.82) is 5.26 Å². The van der Waals surface area contributed by atoms with Gasteiger partial charge < -0.3 is 9.72 Å². The Kier molecular flexibility index (Phi) is 4.58. The Hall–Kier alpha value is -3.58. The van der Waals surface area contributed by atoms with Crippen LogP contribution in [-0.2, 0) is 0 Å². The fourth-order valence-corrected chi connectivity index (χ4v) is 3.40. The molecule has 4 aromatic rings. The summed E-state index contributed by atoms with van der Waals surface area (Å²) in [7, 11) is 0. The van der Waals surface area contributed by atoms with Gasteiger partial charge in [0, 0.05) is 5.56 Å². The lowest BCUT2D eigenvalue weighted by Gasteiger charge is -2.11. The first-order valence-corrected chi connectivity index (χ1v) is 9.34. The minimum absolute atomic E-state index is 0.476. The summed E-state index contributed by atoms with van der Waals surface area (Å²) < 4.78 is 5.83. The third kappa shape index (κ3) is 3.12. The Labute approximate surface area is 164 Å². The van der Waals surface area contributed by atoms with Gasteiger partial charge in [-0.05, 0) is 66.9 Å². The number of allylic oxidation sites excluding steroid dienone is 1. The van der Waals surface area contributed by atoms with Crippen molar-refractivity contribution in [1.82, 2.24) is 9.97 Å². The standard InChI is InChI=1S/C24H21N3O/c1-4-28-23-10-9-17-7-5-6-8-19(17)20(23)13-18(14-25)24-26-21-11-15(2)16(3)12-22(21)27-24/h5-13H,4H2,1-3H3,(H,26,27)/b18-13+. The summed E-state index contributed by atoms with van der Waals surface area (Å²) in [5, 5.41) is 12.0. The summed E-state index contributed by atoms with van der Waals surface area (Å²) in [6.07, 6.45) is 1.87. The van der Waals surface area contributed by atoms with E-state index >= 15 is 0 Å². The van der Waals surface area contributed by atoms with Crippen LogP contribution in [-0.4, -0.2) is 16.6 Å². The number of benzene rings is 3. The van der Waals surface area contributed by atoms with Gasteiger partial charge in [0.2, 0.25) is 0 Å². The van der Waals surface area contributed by atoms with E-state index in [1.54, 1.807) is 0 Å². The lowest BCUT2D eigenvalue weighted by molar-refractivity contribution is 0.340. The molecule has 4 nitrogen and oxygen atoms in total. The van der Waals surface area contributed by atoms with Crippen molar-refractivity contribution in [2.75, 3.05) is 6.61 Å². The van der Waals surface area contributed by atoms with Crippen molar-refractivity contribution in [3.63, 3.8) is 0 Å². The number of nitrogens with zero attached hydrogens (tertiary/aromatic N) is 2. The molecule has 138 valence electrons. The number of ether oxygens (including phenoxy) is 1. The summed E-state index contributed by atoms with van der Waals surface area (Å²) in [5.41, 5.74) is 5.54. The van der Waals surface area contributed by atoms with Crippen molar-refractivity contribution >= 4 is 33.5 Å². The minimum Gasteiger partial charge on any atom is -0.493 e. The lowest BCUT2D eigenvalue weighted by Crippen LogP contribution is -1.95. The largest absolute Gasteiger partial charge is 0.493 e. The first kappa shape index (κ1) is 17.8. The van der Waals surface area contributed by atoms with Crippen LogP contribution in [0.4, 0.5) is 0 Å². The first-order valence-electron chi connectivity index (χ1n) is 9.34. The van der Waals surface area contributed by atoms with E-state index in [2.05, 4.69) is 42.0 Å². The number of fused-ring (bicyclic) bond motifs is 2. The van der Waals surface area contributed by atoms with Crippen molar-refractivity contribution in [2.45, 2.75) is 20.8 Å². The molecular formula is C24H21N3O. The topological polar surface area (TPSA) is 61.7 Å². The lowest BCUT2D eigenvalue weighted by atomic mass is 10.0. The van der Waals surface area contributed by atoms with Crippen molar-refractivity contribution in [3.05, 3.63) is 71.0 Å². The second kappa shape index (κ2) is 7.21. The molecule has 1 aromatic heterocycles. The molecule has 28 heavy (non-hydrogen) atoms. The van der Waals surface area contributed by atoms with E-state index in [4.69, 9.17) is 4.74 Å². The number of hydrogen-bond donors (Lipinski definition) is 1. The van der Waals surface area contributed by atoms with Crippen LogP contribution in [0.3, 0.4) is 0 Å². The molecule has 0 fully saturated rings. The van der Waals surface area contributed by atoms with Gasteiger partial charge in [-0.2, -0.15) is 5.26 Å². The average Bonchev–Trinajstić information content (AvgIpc) is 3.10. The van der Waals surface area contributed by atoms with Gasteiger partial charge >= 0.3 is 0 Å². The number of aromatic nitrogens is 2. The molecule has 0 amide bonds. The first-order chi connectivity index (χ1) is 13.6.